The average Bonchev–Trinajstić information content (AvgIpc) is 2.38. The Morgan fingerprint density at radius 1 is 1.53 bits per heavy atom. The molecule has 0 aliphatic carbocycles. The molecule has 0 amide bonds. The molecule has 8 heteroatoms. The molecule has 1 aliphatic rings. The molecule has 0 saturated carbocycles. The molecule has 0 bridgehead atoms. The fourth-order valence-corrected chi connectivity index (χ4v) is 4.79. The second-order valence-electron chi connectivity index (χ2n) is 4.35. The number of hydrogen-bond donors (Lipinski definition) is 1. The second kappa shape index (κ2) is 5.96. The van der Waals surface area contributed by atoms with E-state index >= 15 is 0 Å². The van der Waals surface area contributed by atoms with Crippen molar-refractivity contribution in [2.24, 2.45) is 0 Å². The molecule has 0 aromatic carbocycles. The van der Waals surface area contributed by atoms with Gasteiger partial charge in [0.25, 0.3) is 0 Å². The van der Waals surface area contributed by atoms with Crippen LogP contribution in [0.25, 0.3) is 0 Å². The number of nitrogens with zero attached hydrogens (tertiary/aromatic N) is 3. The summed E-state index contributed by atoms with van der Waals surface area (Å²) in [5, 5.41) is 2.57. The first-order valence-electron chi connectivity index (χ1n) is 6.11. The number of rotatable bonds is 4. The van der Waals surface area contributed by atoms with Gasteiger partial charge in [-0.25, -0.2) is 13.4 Å². The summed E-state index contributed by atoms with van der Waals surface area (Å²) in [5.74, 6) is 2.77. The van der Waals surface area contributed by atoms with Gasteiger partial charge in [-0.3, -0.25) is 4.98 Å². The van der Waals surface area contributed by atoms with Crippen LogP contribution in [0.5, 0.6) is 0 Å². The monoisotopic (exact) mass is 302 g/mol. The van der Waals surface area contributed by atoms with Gasteiger partial charge in [-0.1, -0.05) is 0 Å². The van der Waals surface area contributed by atoms with Crippen LogP contribution in [0.1, 0.15) is 6.92 Å². The van der Waals surface area contributed by atoms with E-state index in [1.165, 1.54) is 6.26 Å². The molecule has 6 nitrogen and oxygen atoms in total. The molecule has 19 heavy (non-hydrogen) atoms. The molecule has 1 N–H and O–H groups in total. The maximum absolute atomic E-state index is 11.9. The fraction of sp³-hybridized carbons (Fsp3) is 0.636. The third-order valence-electron chi connectivity index (χ3n) is 2.85. The Balaban J connectivity index is 2.29. The summed E-state index contributed by atoms with van der Waals surface area (Å²) in [6, 6.07) is 0. The van der Waals surface area contributed by atoms with Crippen LogP contribution in [0.15, 0.2) is 12.4 Å². The number of thioether (sulfide) groups is 1. The Labute approximate surface area is 117 Å². The highest BCUT2D eigenvalue weighted by Gasteiger charge is 2.32. The second-order valence-corrected chi connectivity index (χ2v) is 7.70. The first-order chi connectivity index (χ1) is 9.02. The van der Waals surface area contributed by atoms with Gasteiger partial charge in [0.15, 0.2) is 15.7 Å². The standard InChI is InChI=1S/C11H18N4O2S2/c1-3-13-9-6-12-7-10(14-9)15-4-5-18-8-11(15)19(2,16)17/h6-7,11H,3-5,8H2,1-2H3,(H,13,14). The SMILES string of the molecule is CCNc1cncc(N2CCSCC2S(C)(=O)=O)n1. The third kappa shape index (κ3) is 3.50. The van der Waals surface area contributed by atoms with Crippen molar-refractivity contribution < 1.29 is 8.42 Å². The van der Waals surface area contributed by atoms with E-state index in [9.17, 15) is 8.42 Å². The van der Waals surface area contributed by atoms with Crippen molar-refractivity contribution in [2.45, 2.75) is 12.3 Å². The van der Waals surface area contributed by atoms with Gasteiger partial charge in [0, 0.05) is 30.9 Å². The van der Waals surface area contributed by atoms with Crippen LogP contribution in [0.3, 0.4) is 0 Å². The molecule has 0 radical (unpaired) electrons. The van der Waals surface area contributed by atoms with Crippen LogP contribution in [-0.2, 0) is 9.84 Å². The molecule has 2 heterocycles. The van der Waals surface area contributed by atoms with Crippen LogP contribution in [0.4, 0.5) is 11.6 Å². The molecule has 1 saturated heterocycles. The van der Waals surface area contributed by atoms with Crippen molar-refractivity contribution >= 4 is 33.2 Å². The zero-order valence-corrected chi connectivity index (χ0v) is 12.7. The van der Waals surface area contributed by atoms with Gasteiger partial charge >= 0.3 is 0 Å². The highest BCUT2D eigenvalue weighted by atomic mass is 32.2. The molecule has 1 aromatic heterocycles. The summed E-state index contributed by atoms with van der Waals surface area (Å²) >= 11 is 1.66. The van der Waals surface area contributed by atoms with Gasteiger partial charge in [0.2, 0.25) is 0 Å². The maximum atomic E-state index is 11.9. The Hall–Kier alpha value is -1.02. The summed E-state index contributed by atoms with van der Waals surface area (Å²) in [7, 11) is -3.13. The van der Waals surface area contributed by atoms with Crippen molar-refractivity contribution in [3.8, 4) is 0 Å². The van der Waals surface area contributed by atoms with E-state index in [0.29, 0.717) is 23.9 Å². The first kappa shape index (κ1) is 14.4. The van der Waals surface area contributed by atoms with E-state index < -0.39 is 15.2 Å². The van der Waals surface area contributed by atoms with Crippen molar-refractivity contribution in [1.82, 2.24) is 9.97 Å². The van der Waals surface area contributed by atoms with Gasteiger partial charge in [-0.05, 0) is 6.92 Å². The summed E-state index contributed by atoms with van der Waals surface area (Å²) in [6.45, 7) is 3.40. The molecule has 1 aliphatic heterocycles. The van der Waals surface area contributed by atoms with E-state index in [1.807, 2.05) is 11.8 Å². The maximum Gasteiger partial charge on any atom is 0.169 e. The van der Waals surface area contributed by atoms with Gasteiger partial charge < -0.3 is 10.2 Å². The van der Waals surface area contributed by atoms with Gasteiger partial charge in [-0.2, -0.15) is 11.8 Å². The molecule has 0 spiro atoms. The third-order valence-corrected chi connectivity index (χ3v) is 5.50. The van der Waals surface area contributed by atoms with Crippen LogP contribution in [0.2, 0.25) is 0 Å². The smallest absolute Gasteiger partial charge is 0.169 e. The topological polar surface area (TPSA) is 75.2 Å². The highest BCUT2D eigenvalue weighted by molar-refractivity contribution is 8.01. The van der Waals surface area contributed by atoms with E-state index in [-0.39, 0.29) is 0 Å². The predicted octanol–water partition coefficient (Wildman–Crippen LogP) is 0.832. The Morgan fingerprint density at radius 3 is 3.00 bits per heavy atom. The quantitative estimate of drug-likeness (QED) is 0.883. The van der Waals surface area contributed by atoms with E-state index in [2.05, 4.69) is 15.3 Å². The Kier molecular flexibility index (Phi) is 4.51. The number of hydrogen-bond acceptors (Lipinski definition) is 7. The van der Waals surface area contributed by atoms with Crippen molar-refractivity contribution in [1.29, 1.82) is 0 Å². The minimum Gasteiger partial charge on any atom is -0.369 e. The van der Waals surface area contributed by atoms with E-state index in [1.54, 1.807) is 24.2 Å². The normalized spacial score (nSPS) is 20.3. The lowest BCUT2D eigenvalue weighted by atomic mass is 10.4. The minimum absolute atomic E-state index is 0.516. The molecular weight excluding hydrogens is 284 g/mol. The molecule has 106 valence electrons. The van der Waals surface area contributed by atoms with Gasteiger partial charge in [0.05, 0.1) is 12.4 Å². The zero-order chi connectivity index (χ0) is 13.9. The van der Waals surface area contributed by atoms with Crippen LogP contribution < -0.4 is 10.2 Å². The zero-order valence-electron chi connectivity index (χ0n) is 11.0. The summed E-state index contributed by atoms with van der Waals surface area (Å²) in [6.07, 6.45) is 4.54. The largest absolute Gasteiger partial charge is 0.369 e. The summed E-state index contributed by atoms with van der Waals surface area (Å²) < 4.78 is 23.7. The number of anilines is 2. The molecule has 1 aromatic rings. The molecule has 1 atom stereocenters. The predicted molar refractivity (Wildman–Crippen MR) is 79.5 cm³/mol. The van der Waals surface area contributed by atoms with Crippen LogP contribution >= 0.6 is 11.8 Å². The molecule has 2 rings (SSSR count). The van der Waals surface area contributed by atoms with Gasteiger partial charge in [0.1, 0.15) is 11.2 Å². The van der Waals surface area contributed by atoms with Crippen molar-refractivity contribution in [3.05, 3.63) is 12.4 Å². The molecular formula is C11H18N4O2S2. The highest BCUT2D eigenvalue weighted by Crippen LogP contribution is 2.25. The van der Waals surface area contributed by atoms with E-state index in [4.69, 9.17) is 0 Å². The lowest BCUT2D eigenvalue weighted by Gasteiger charge is -2.34. The Bertz CT molecular complexity index is 535. The average molecular weight is 302 g/mol. The number of sulfone groups is 1. The van der Waals surface area contributed by atoms with Crippen molar-refractivity contribution in [3.63, 3.8) is 0 Å². The first-order valence-corrected chi connectivity index (χ1v) is 9.22. The lowest BCUT2D eigenvalue weighted by molar-refractivity contribution is 0.583. The van der Waals surface area contributed by atoms with Crippen molar-refractivity contribution in [2.75, 3.05) is 41.1 Å². The molecule has 1 fully saturated rings. The van der Waals surface area contributed by atoms with E-state index in [0.717, 1.165) is 12.3 Å². The number of nitrogens with one attached hydrogen (secondary N) is 1. The minimum atomic E-state index is -3.13. The van der Waals surface area contributed by atoms with Gasteiger partial charge in [-0.15, -0.1) is 0 Å². The van der Waals surface area contributed by atoms with Crippen LogP contribution in [0, 0.1) is 0 Å². The summed E-state index contributed by atoms with van der Waals surface area (Å²) in [4.78, 5) is 10.4. The Morgan fingerprint density at radius 2 is 2.32 bits per heavy atom. The fourth-order valence-electron chi connectivity index (χ4n) is 1.96. The van der Waals surface area contributed by atoms with Crippen LogP contribution in [-0.4, -0.2) is 54.6 Å². The summed E-state index contributed by atoms with van der Waals surface area (Å²) in [5.41, 5.74) is 0. The number of aromatic nitrogens is 2. The molecule has 1 unspecified atom stereocenters. The lowest BCUT2D eigenvalue weighted by Crippen LogP contribution is -2.47.